The van der Waals surface area contributed by atoms with Crippen molar-refractivity contribution >= 4 is 24.8 Å². The van der Waals surface area contributed by atoms with Crippen molar-refractivity contribution in [1.82, 2.24) is 4.90 Å². The number of hydrogen-bond donors (Lipinski definition) is 1. The number of rotatable bonds is 2. The number of nitrogens with two attached hydrogens (primary N) is 1. The highest BCUT2D eigenvalue weighted by atomic mass is 35.5. The van der Waals surface area contributed by atoms with Crippen LogP contribution in [0.5, 0.6) is 0 Å². The first kappa shape index (κ1) is 17.8. The molecule has 0 aromatic heterocycles. The van der Waals surface area contributed by atoms with Gasteiger partial charge in [0.2, 0.25) is 0 Å². The maximum atomic E-state index is 6.37. The third-order valence-corrected chi connectivity index (χ3v) is 5.05. The van der Waals surface area contributed by atoms with Crippen LogP contribution >= 0.6 is 24.8 Å². The largest absolute Gasteiger partial charge is 0.326 e. The maximum absolute atomic E-state index is 6.37. The molecule has 1 spiro atoms. The van der Waals surface area contributed by atoms with E-state index in [9.17, 15) is 0 Å². The Kier molecular flexibility index (Phi) is 6.33. The van der Waals surface area contributed by atoms with Gasteiger partial charge in [-0.3, -0.25) is 4.90 Å². The maximum Gasteiger partial charge on any atom is 0.0237 e. The SMILES string of the molecule is C[C@@H]1[C@@H](N)CC2(CCC2)CN1Cc1ccccc1.Cl.Cl. The molecule has 114 valence electrons. The molecule has 0 unspecified atom stereocenters. The quantitative estimate of drug-likeness (QED) is 0.903. The summed E-state index contributed by atoms with van der Waals surface area (Å²) in [6.45, 7) is 4.59. The van der Waals surface area contributed by atoms with Gasteiger partial charge in [0.15, 0.2) is 0 Å². The van der Waals surface area contributed by atoms with Gasteiger partial charge in [-0.05, 0) is 37.2 Å². The lowest BCUT2D eigenvalue weighted by atomic mass is 9.62. The molecule has 3 rings (SSSR count). The van der Waals surface area contributed by atoms with Gasteiger partial charge in [-0.1, -0.05) is 36.8 Å². The topological polar surface area (TPSA) is 29.3 Å². The lowest BCUT2D eigenvalue weighted by Crippen LogP contribution is -2.59. The zero-order valence-electron chi connectivity index (χ0n) is 12.1. The van der Waals surface area contributed by atoms with Crippen molar-refractivity contribution in [2.75, 3.05) is 6.54 Å². The van der Waals surface area contributed by atoms with Crippen LogP contribution in [0.1, 0.15) is 38.2 Å². The lowest BCUT2D eigenvalue weighted by molar-refractivity contribution is -0.0223. The fourth-order valence-corrected chi connectivity index (χ4v) is 3.64. The Morgan fingerprint density at radius 3 is 2.40 bits per heavy atom. The molecule has 2 nitrogen and oxygen atoms in total. The fraction of sp³-hybridized carbons (Fsp3) is 0.625. The number of benzene rings is 1. The molecule has 2 atom stereocenters. The zero-order valence-corrected chi connectivity index (χ0v) is 13.8. The van der Waals surface area contributed by atoms with E-state index < -0.39 is 0 Å². The Hall–Kier alpha value is -0.280. The molecule has 2 fully saturated rings. The summed E-state index contributed by atoms with van der Waals surface area (Å²) in [5.74, 6) is 0. The van der Waals surface area contributed by atoms with Crippen LogP contribution in [0.15, 0.2) is 30.3 Å². The van der Waals surface area contributed by atoms with E-state index in [-0.39, 0.29) is 24.8 Å². The average Bonchev–Trinajstić information content (AvgIpc) is 2.34. The predicted octanol–water partition coefficient (Wildman–Crippen LogP) is 3.62. The number of likely N-dealkylation sites (tertiary alicyclic amines) is 1. The van der Waals surface area contributed by atoms with Crippen LogP contribution in [0.4, 0.5) is 0 Å². The van der Waals surface area contributed by atoms with Crippen molar-refractivity contribution < 1.29 is 0 Å². The highest BCUT2D eigenvalue weighted by molar-refractivity contribution is 5.85. The number of piperidine rings is 1. The Labute approximate surface area is 134 Å². The molecule has 4 heteroatoms. The summed E-state index contributed by atoms with van der Waals surface area (Å²) in [7, 11) is 0. The Balaban J connectivity index is 0.000001000. The van der Waals surface area contributed by atoms with E-state index in [1.54, 1.807) is 0 Å². The van der Waals surface area contributed by atoms with Gasteiger partial charge in [0.25, 0.3) is 0 Å². The zero-order chi connectivity index (χ0) is 12.6. The van der Waals surface area contributed by atoms with E-state index in [2.05, 4.69) is 42.2 Å². The fourth-order valence-electron chi connectivity index (χ4n) is 3.64. The number of nitrogens with zero attached hydrogens (tertiary/aromatic N) is 1. The Morgan fingerprint density at radius 1 is 1.20 bits per heavy atom. The van der Waals surface area contributed by atoms with E-state index >= 15 is 0 Å². The van der Waals surface area contributed by atoms with Gasteiger partial charge in [0, 0.05) is 25.2 Å². The highest BCUT2D eigenvalue weighted by Gasteiger charge is 2.45. The van der Waals surface area contributed by atoms with Gasteiger partial charge in [-0.15, -0.1) is 24.8 Å². The summed E-state index contributed by atoms with van der Waals surface area (Å²) < 4.78 is 0. The number of hydrogen-bond acceptors (Lipinski definition) is 2. The minimum atomic E-state index is 0. The summed E-state index contributed by atoms with van der Waals surface area (Å²) in [5.41, 5.74) is 8.33. The van der Waals surface area contributed by atoms with E-state index in [1.165, 1.54) is 37.8 Å². The molecule has 1 aromatic rings. The molecule has 2 N–H and O–H groups in total. The first-order chi connectivity index (χ1) is 8.69. The Bertz CT molecular complexity index is 406. The third kappa shape index (κ3) is 3.48. The van der Waals surface area contributed by atoms with Crippen molar-refractivity contribution in [1.29, 1.82) is 0 Å². The van der Waals surface area contributed by atoms with Crippen molar-refractivity contribution in [3.8, 4) is 0 Å². The van der Waals surface area contributed by atoms with E-state index in [1.807, 2.05) is 0 Å². The van der Waals surface area contributed by atoms with Crippen molar-refractivity contribution in [3.05, 3.63) is 35.9 Å². The summed E-state index contributed by atoms with van der Waals surface area (Å²) in [6, 6.07) is 11.6. The molecular weight excluding hydrogens is 291 g/mol. The molecule has 1 aliphatic carbocycles. The second-order valence-electron chi connectivity index (χ2n) is 6.35. The summed E-state index contributed by atoms with van der Waals surface area (Å²) >= 11 is 0. The summed E-state index contributed by atoms with van der Waals surface area (Å²) in [5, 5.41) is 0. The van der Waals surface area contributed by atoms with Crippen LogP contribution in [0.25, 0.3) is 0 Å². The molecule has 1 saturated carbocycles. The number of halogens is 2. The molecule has 1 saturated heterocycles. The molecule has 1 aliphatic heterocycles. The second kappa shape index (κ2) is 7.13. The second-order valence-corrected chi connectivity index (χ2v) is 6.35. The summed E-state index contributed by atoms with van der Waals surface area (Å²) in [6.07, 6.45) is 5.41. The minimum Gasteiger partial charge on any atom is -0.326 e. The van der Waals surface area contributed by atoms with Crippen molar-refractivity contribution in [2.45, 2.75) is 51.2 Å². The average molecular weight is 317 g/mol. The van der Waals surface area contributed by atoms with Gasteiger partial charge in [-0.25, -0.2) is 0 Å². The molecular formula is C16H26Cl2N2. The summed E-state index contributed by atoms with van der Waals surface area (Å²) in [4.78, 5) is 2.60. The molecule has 0 bridgehead atoms. The van der Waals surface area contributed by atoms with Gasteiger partial charge in [0.1, 0.15) is 0 Å². The lowest BCUT2D eigenvalue weighted by Gasteiger charge is -2.53. The van der Waals surface area contributed by atoms with Crippen LogP contribution in [0.2, 0.25) is 0 Å². The van der Waals surface area contributed by atoms with Crippen LogP contribution in [0, 0.1) is 5.41 Å². The predicted molar refractivity (Wildman–Crippen MR) is 89.7 cm³/mol. The van der Waals surface area contributed by atoms with Crippen molar-refractivity contribution in [2.24, 2.45) is 11.1 Å². The molecule has 20 heavy (non-hydrogen) atoms. The molecule has 0 amide bonds. The van der Waals surface area contributed by atoms with Crippen LogP contribution < -0.4 is 5.73 Å². The van der Waals surface area contributed by atoms with Crippen molar-refractivity contribution in [3.63, 3.8) is 0 Å². The van der Waals surface area contributed by atoms with Crippen LogP contribution in [0.3, 0.4) is 0 Å². The molecule has 1 heterocycles. The normalized spacial score (nSPS) is 28.1. The van der Waals surface area contributed by atoms with E-state index in [0.717, 1.165) is 6.54 Å². The Morgan fingerprint density at radius 2 is 1.85 bits per heavy atom. The smallest absolute Gasteiger partial charge is 0.0237 e. The highest BCUT2D eigenvalue weighted by Crippen LogP contribution is 2.48. The van der Waals surface area contributed by atoms with E-state index in [4.69, 9.17) is 5.73 Å². The van der Waals surface area contributed by atoms with E-state index in [0.29, 0.717) is 17.5 Å². The first-order valence-electron chi connectivity index (χ1n) is 7.22. The minimum absolute atomic E-state index is 0. The molecule has 2 aliphatic rings. The first-order valence-corrected chi connectivity index (χ1v) is 7.22. The standard InChI is InChI=1S/C16H24N2.2ClH/c1-13-15(17)10-16(8-5-9-16)12-18(13)11-14-6-3-2-4-7-14;;/h2-4,6-7,13,15H,5,8-12,17H2,1H3;2*1H/t13-,15+;;/m1../s1. The van der Waals surface area contributed by atoms with Crippen LogP contribution in [-0.4, -0.2) is 23.5 Å². The van der Waals surface area contributed by atoms with Gasteiger partial charge < -0.3 is 5.73 Å². The van der Waals surface area contributed by atoms with Gasteiger partial charge in [0.05, 0.1) is 0 Å². The van der Waals surface area contributed by atoms with Gasteiger partial charge in [-0.2, -0.15) is 0 Å². The monoisotopic (exact) mass is 316 g/mol. The van der Waals surface area contributed by atoms with Crippen LogP contribution in [-0.2, 0) is 6.54 Å². The third-order valence-electron chi connectivity index (χ3n) is 5.05. The van der Waals surface area contributed by atoms with Gasteiger partial charge >= 0.3 is 0 Å². The molecule has 0 radical (unpaired) electrons. The molecule has 1 aromatic carbocycles.